The number of amides is 1. The van der Waals surface area contributed by atoms with Gasteiger partial charge in [-0.1, -0.05) is 36.4 Å². The summed E-state index contributed by atoms with van der Waals surface area (Å²) in [4.78, 5) is 25.1. The zero-order valence-corrected chi connectivity index (χ0v) is 12.5. The van der Waals surface area contributed by atoms with Gasteiger partial charge in [0.15, 0.2) is 0 Å². The van der Waals surface area contributed by atoms with Gasteiger partial charge in [-0.25, -0.2) is 0 Å². The Morgan fingerprint density at radius 2 is 1.64 bits per heavy atom. The molecular formula is C18H16N2O2. The SMILES string of the molecule is Cc1c(C(=O)Nc2ccccc2)c(=O)n(C)c2ccccc12. The Kier molecular flexibility index (Phi) is 3.51. The third-order valence-corrected chi connectivity index (χ3v) is 3.82. The van der Waals surface area contributed by atoms with Crippen LogP contribution in [0.15, 0.2) is 59.4 Å². The molecule has 0 fully saturated rings. The fourth-order valence-electron chi connectivity index (χ4n) is 2.64. The quantitative estimate of drug-likeness (QED) is 0.789. The number of hydrogen-bond acceptors (Lipinski definition) is 2. The Morgan fingerprint density at radius 1 is 1.00 bits per heavy atom. The third kappa shape index (κ3) is 2.29. The van der Waals surface area contributed by atoms with Crippen LogP contribution in [-0.2, 0) is 7.05 Å². The van der Waals surface area contributed by atoms with Crippen molar-refractivity contribution in [1.82, 2.24) is 4.57 Å². The zero-order chi connectivity index (χ0) is 15.7. The van der Waals surface area contributed by atoms with E-state index in [2.05, 4.69) is 5.32 Å². The molecule has 4 heteroatoms. The lowest BCUT2D eigenvalue weighted by molar-refractivity contribution is 0.102. The van der Waals surface area contributed by atoms with E-state index in [9.17, 15) is 9.59 Å². The predicted octanol–water partition coefficient (Wildman–Crippen LogP) is 3.10. The first kappa shape index (κ1) is 14.1. The molecule has 1 N–H and O–H groups in total. The van der Waals surface area contributed by atoms with Gasteiger partial charge in [0.05, 0.1) is 5.52 Å². The molecule has 3 rings (SSSR count). The van der Waals surface area contributed by atoms with Crippen molar-refractivity contribution in [3.05, 3.63) is 76.1 Å². The van der Waals surface area contributed by atoms with Crippen LogP contribution >= 0.6 is 0 Å². The number of carbonyl (C=O) groups excluding carboxylic acids is 1. The fraction of sp³-hybridized carbons (Fsp3) is 0.111. The fourth-order valence-corrected chi connectivity index (χ4v) is 2.64. The van der Waals surface area contributed by atoms with Gasteiger partial charge >= 0.3 is 0 Å². The van der Waals surface area contributed by atoms with E-state index >= 15 is 0 Å². The summed E-state index contributed by atoms with van der Waals surface area (Å²) < 4.78 is 1.52. The van der Waals surface area contributed by atoms with Crippen molar-refractivity contribution in [3.8, 4) is 0 Å². The van der Waals surface area contributed by atoms with Gasteiger partial charge in [-0.3, -0.25) is 9.59 Å². The standard InChI is InChI=1S/C18H16N2O2/c1-12-14-10-6-7-11-15(14)20(2)18(22)16(12)17(21)19-13-8-4-3-5-9-13/h3-11H,1-2H3,(H,19,21). The van der Waals surface area contributed by atoms with Gasteiger partial charge in [0.25, 0.3) is 11.5 Å². The average molecular weight is 292 g/mol. The van der Waals surface area contributed by atoms with Gasteiger partial charge in [0, 0.05) is 18.1 Å². The van der Waals surface area contributed by atoms with E-state index in [0.717, 1.165) is 10.9 Å². The molecule has 1 heterocycles. The molecule has 1 aromatic heterocycles. The number of pyridine rings is 1. The molecule has 0 saturated heterocycles. The van der Waals surface area contributed by atoms with Crippen molar-refractivity contribution < 1.29 is 4.79 Å². The maximum absolute atomic E-state index is 12.5. The Bertz CT molecular complexity index is 912. The lowest BCUT2D eigenvalue weighted by atomic mass is 10.0. The van der Waals surface area contributed by atoms with Gasteiger partial charge in [-0.05, 0) is 30.7 Å². The molecule has 2 aromatic carbocycles. The molecule has 4 nitrogen and oxygen atoms in total. The molecule has 0 radical (unpaired) electrons. The molecule has 0 aliphatic carbocycles. The second-order valence-corrected chi connectivity index (χ2v) is 5.20. The Hall–Kier alpha value is -2.88. The Balaban J connectivity index is 2.15. The summed E-state index contributed by atoms with van der Waals surface area (Å²) in [6.45, 7) is 1.81. The van der Waals surface area contributed by atoms with Crippen molar-refractivity contribution >= 4 is 22.5 Å². The number of carbonyl (C=O) groups is 1. The normalized spacial score (nSPS) is 10.6. The first-order chi connectivity index (χ1) is 10.6. The van der Waals surface area contributed by atoms with Crippen molar-refractivity contribution in [3.63, 3.8) is 0 Å². The number of aryl methyl sites for hydroxylation is 2. The minimum Gasteiger partial charge on any atom is -0.322 e. The number of anilines is 1. The summed E-state index contributed by atoms with van der Waals surface area (Å²) in [6.07, 6.45) is 0. The number of benzene rings is 2. The highest BCUT2D eigenvalue weighted by Crippen LogP contribution is 2.19. The highest BCUT2D eigenvalue weighted by Gasteiger charge is 2.18. The highest BCUT2D eigenvalue weighted by atomic mass is 16.2. The Labute approximate surface area is 128 Å². The van der Waals surface area contributed by atoms with Crippen LogP contribution in [0.1, 0.15) is 15.9 Å². The third-order valence-electron chi connectivity index (χ3n) is 3.82. The number of para-hydroxylation sites is 2. The van der Waals surface area contributed by atoms with Crippen molar-refractivity contribution in [2.45, 2.75) is 6.92 Å². The number of fused-ring (bicyclic) bond motifs is 1. The summed E-state index contributed by atoms with van der Waals surface area (Å²) in [6, 6.07) is 16.7. The molecule has 0 aliphatic rings. The molecule has 0 bridgehead atoms. The molecule has 110 valence electrons. The first-order valence-electron chi connectivity index (χ1n) is 7.04. The molecule has 0 unspecified atom stereocenters. The predicted molar refractivity (Wildman–Crippen MR) is 88.3 cm³/mol. The lowest BCUT2D eigenvalue weighted by Gasteiger charge is -2.13. The average Bonchev–Trinajstić information content (AvgIpc) is 2.54. The largest absolute Gasteiger partial charge is 0.322 e. The van der Waals surface area contributed by atoms with Crippen LogP contribution in [0.3, 0.4) is 0 Å². The highest BCUT2D eigenvalue weighted by molar-refractivity contribution is 6.07. The molecule has 1 amide bonds. The van der Waals surface area contributed by atoms with E-state index in [4.69, 9.17) is 0 Å². The minimum absolute atomic E-state index is 0.185. The van der Waals surface area contributed by atoms with Crippen LogP contribution in [0.25, 0.3) is 10.9 Å². The number of nitrogens with one attached hydrogen (secondary N) is 1. The summed E-state index contributed by atoms with van der Waals surface area (Å²) in [5.41, 5.74) is 2.09. The molecular weight excluding hydrogens is 276 g/mol. The summed E-state index contributed by atoms with van der Waals surface area (Å²) >= 11 is 0. The van der Waals surface area contributed by atoms with E-state index in [0.29, 0.717) is 11.3 Å². The number of hydrogen-bond donors (Lipinski definition) is 1. The molecule has 3 aromatic rings. The smallest absolute Gasteiger partial charge is 0.263 e. The van der Waals surface area contributed by atoms with Crippen LogP contribution in [0.2, 0.25) is 0 Å². The van der Waals surface area contributed by atoms with Crippen molar-refractivity contribution in [2.75, 3.05) is 5.32 Å². The van der Waals surface area contributed by atoms with Crippen molar-refractivity contribution in [1.29, 1.82) is 0 Å². The second-order valence-electron chi connectivity index (χ2n) is 5.20. The summed E-state index contributed by atoms with van der Waals surface area (Å²) in [7, 11) is 1.68. The van der Waals surface area contributed by atoms with Gasteiger partial charge in [-0.2, -0.15) is 0 Å². The topological polar surface area (TPSA) is 51.1 Å². The van der Waals surface area contributed by atoms with Gasteiger partial charge in [0.1, 0.15) is 5.56 Å². The van der Waals surface area contributed by atoms with Crippen molar-refractivity contribution in [2.24, 2.45) is 7.05 Å². The maximum Gasteiger partial charge on any atom is 0.263 e. The van der Waals surface area contributed by atoms with Gasteiger partial charge in [0.2, 0.25) is 0 Å². The maximum atomic E-state index is 12.5. The Morgan fingerprint density at radius 3 is 2.36 bits per heavy atom. The molecule has 22 heavy (non-hydrogen) atoms. The summed E-state index contributed by atoms with van der Waals surface area (Å²) in [5, 5.41) is 3.68. The monoisotopic (exact) mass is 292 g/mol. The van der Waals surface area contributed by atoms with Gasteiger partial charge in [-0.15, -0.1) is 0 Å². The van der Waals surface area contributed by atoms with Crippen LogP contribution < -0.4 is 10.9 Å². The lowest BCUT2D eigenvalue weighted by Crippen LogP contribution is -2.29. The van der Waals surface area contributed by atoms with E-state index in [1.807, 2.05) is 49.4 Å². The minimum atomic E-state index is -0.380. The second kappa shape index (κ2) is 5.48. The molecule has 0 saturated carbocycles. The van der Waals surface area contributed by atoms with E-state index in [1.165, 1.54) is 4.57 Å². The van der Waals surface area contributed by atoms with Gasteiger partial charge < -0.3 is 9.88 Å². The molecule has 0 atom stereocenters. The van der Waals surface area contributed by atoms with E-state index in [-0.39, 0.29) is 17.0 Å². The first-order valence-corrected chi connectivity index (χ1v) is 7.04. The number of nitrogens with zero attached hydrogens (tertiary/aromatic N) is 1. The molecule has 0 spiro atoms. The molecule has 0 aliphatic heterocycles. The van der Waals surface area contributed by atoms with Crippen LogP contribution in [0, 0.1) is 6.92 Å². The van der Waals surface area contributed by atoms with Crippen LogP contribution in [0.5, 0.6) is 0 Å². The van der Waals surface area contributed by atoms with E-state index in [1.54, 1.807) is 19.2 Å². The van der Waals surface area contributed by atoms with Crippen LogP contribution in [0.4, 0.5) is 5.69 Å². The van der Waals surface area contributed by atoms with Crippen LogP contribution in [-0.4, -0.2) is 10.5 Å². The zero-order valence-electron chi connectivity index (χ0n) is 12.5. The van der Waals surface area contributed by atoms with E-state index < -0.39 is 0 Å². The number of aromatic nitrogens is 1. The summed E-state index contributed by atoms with van der Waals surface area (Å²) in [5.74, 6) is -0.380. The number of rotatable bonds is 2.